The highest BCUT2D eigenvalue weighted by molar-refractivity contribution is 5.67. The van der Waals surface area contributed by atoms with Crippen molar-refractivity contribution in [1.29, 1.82) is 0 Å². The van der Waals surface area contributed by atoms with Gasteiger partial charge in [0.15, 0.2) is 0 Å². The molecule has 1 aromatic carbocycles. The third-order valence-electron chi connectivity index (χ3n) is 4.36. The molecule has 1 aromatic heterocycles. The summed E-state index contributed by atoms with van der Waals surface area (Å²) in [5.74, 6) is 0. The van der Waals surface area contributed by atoms with Crippen molar-refractivity contribution in [2.24, 2.45) is 0 Å². The second kappa shape index (κ2) is 8.04. The van der Waals surface area contributed by atoms with Crippen LogP contribution in [-0.4, -0.2) is 27.1 Å². The molecule has 0 radical (unpaired) electrons. The van der Waals surface area contributed by atoms with Crippen LogP contribution in [0.5, 0.6) is 0 Å². The van der Waals surface area contributed by atoms with Crippen LogP contribution in [0.1, 0.15) is 49.4 Å². The molecule has 0 atom stereocenters. The van der Waals surface area contributed by atoms with Gasteiger partial charge in [0.2, 0.25) is 0 Å². The summed E-state index contributed by atoms with van der Waals surface area (Å²) in [4.78, 5) is 11.9. The van der Waals surface area contributed by atoms with E-state index in [0.29, 0.717) is 0 Å². The molecule has 0 unspecified atom stereocenters. The van der Waals surface area contributed by atoms with Crippen LogP contribution in [0.25, 0.3) is 0 Å². The van der Waals surface area contributed by atoms with Gasteiger partial charge in [-0.2, -0.15) is 0 Å². The number of nitrogens with zero attached hydrogens (tertiary/aromatic N) is 3. The summed E-state index contributed by atoms with van der Waals surface area (Å²) in [5, 5.41) is 10.1. The quantitative estimate of drug-likeness (QED) is 0.894. The maximum Gasteiger partial charge on any atom is 0.407 e. The number of halogens is 2. The van der Waals surface area contributed by atoms with E-state index in [-0.39, 0.29) is 24.4 Å². The summed E-state index contributed by atoms with van der Waals surface area (Å²) in [6, 6.07) is 9.54. The number of rotatable bonds is 5. The summed E-state index contributed by atoms with van der Waals surface area (Å²) in [7, 11) is 0. The fourth-order valence-electron chi connectivity index (χ4n) is 2.99. The molecule has 134 valence electrons. The summed E-state index contributed by atoms with van der Waals surface area (Å²) in [6.07, 6.45) is 1.24. The zero-order chi connectivity index (χ0) is 17.6. The molecule has 3 rings (SSSR count). The third-order valence-corrected chi connectivity index (χ3v) is 4.36. The van der Waals surface area contributed by atoms with E-state index in [1.165, 1.54) is 10.9 Å². The number of nitrogens with one attached hydrogen (secondary N) is 1. The molecule has 1 heterocycles. The molecule has 25 heavy (non-hydrogen) atoms. The number of alkyl halides is 2. The van der Waals surface area contributed by atoms with Gasteiger partial charge in [-0.05, 0) is 31.2 Å². The Labute approximate surface area is 144 Å². The van der Waals surface area contributed by atoms with Gasteiger partial charge in [0, 0.05) is 6.04 Å². The van der Waals surface area contributed by atoms with Crippen LogP contribution in [0.3, 0.4) is 0 Å². The largest absolute Gasteiger partial charge is 0.445 e. The van der Waals surface area contributed by atoms with E-state index < -0.39 is 12.5 Å². The molecule has 1 aliphatic rings. The summed E-state index contributed by atoms with van der Waals surface area (Å²) >= 11 is 0. The molecule has 1 fully saturated rings. The van der Waals surface area contributed by atoms with Gasteiger partial charge in [-0.3, -0.25) is 0 Å². The molecule has 2 aromatic rings. The Morgan fingerprint density at radius 2 is 1.96 bits per heavy atom. The van der Waals surface area contributed by atoms with Crippen molar-refractivity contribution in [1.82, 2.24) is 20.3 Å². The lowest BCUT2D eigenvalue weighted by molar-refractivity contribution is 0.131. The first kappa shape index (κ1) is 17.3. The monoisotopic (exact) mass is 350 g/mol. The summed E-state index contributed by atoms with van der Waals surface area (Å²) in [5.41, 5.74) is 0.632. The van der Waals surface area contributed by atoms with Crippen molar-refractivity contribution in [3.63, 3.8) is 0 Å². The second-order valence-corrected chi connectivity index (χ2v) is 6.14. The van der Waals surface area contributed by atoms with Gasteiger partial charge < -0.3 is 10.1 Å². The third kappa shape index (κ3) is 4.74. The van der Waals surface area contributed by atoms with Crippen LogP contribution in [0, 0.1) is 0 Å². The molecular formula is C17H20F2N4O2. The average molecular weight is 350 g/mol. The zero-order valence-corrected chi connectivity index (χ0v) is 13.6. The van der Waals surface area contributed by atoms with Crippen LogP contribution in [-0.2, 0) is 11.3 Å². The van der Waals surface area contributed by atoms with E-state index in [0.717, 1.165) is 31.2 Å². The van der Waals surface area contributed by atoms with E-state index in [1.807, 2.05) is 30.3 Å². The Balaban J connectivity index is 1.42. The number of aromatic nitrogens is 3. The molecule has 1 N–H and O–H groups in total. The molecular weight excluding hydrogens is 330 g/mol. The minimum atomic E-state index is -2.61. The van der Waals surface area contributed by atoms with Crippen LogP contribution in [0.4, 0.5) is 13.6 Å². The highest BCUT2D eigenvalue weighted by atomic mass is 19.3. The van der Waals surface area contributed by atoms with Crippen molar-refractivity contribution in [2.75, 3.05) is 0 Å². The van der Waals surface area contributed by atoms with Gasteiger partial charge >= 0.3 is 6.09 Å². The number of carbonyl (C=O) groups is 1. The van der Waals surface area contributed by atoms with E-state index >= 15 is 0 Å². The molecule has 0 saturated heterocycles. The number of hydrogen-bond donors (Lipinski definition) is 1. The fourth-order valence-corrected chi connectivity index (χ4v) is 2.99. The Kier molecular flexibility index (Phi) is 5.57. The van der Waals surface area contributed by atoms with Gasteiger partial charge in [-0.1, -0.05) is 35.5 Å². The van der Waals surface area contributed by atoms with Gasteiger partial charge in [0.25, 0.3) is 6.43 Å². The maximum atomic E-state index is 12.6. The Morgan fingerprint density at radius 1 is 1.24 bits per heavy atom. The standard InChI is InChI=1S/C17H20F2N4O2/c18-16(19)15-10-23(22-21-15)14-8-6-13(7-9-14)20-17(24)25-11-12-4-2-1-3-5-12/h1-5,10,13-14,16H,6-9,11H2,(H,20,24)/t13-,14-. The van der Waals surface area contributed by atoms with E-state index in [1.54, 1.807) is 0 Å². The summed E-state index contributed by atoms with van der Waals surface area (Å²) < 4.78 is 31.9. The van der Waals surface area contributed by atoms with Crippen molar-refractivity contribution < 1.29 is 18.3 Å². The Hall–Kier alpha value is -2.51. The van der Waals surface area contributed by atoms with E-state index in [9.17, 15) is 13.6 Å². The molecule has 0 bridgehead atoms. The van der Waals surface area contributed by atoms with Crippen molar-refractivity contribution in [3.8, 4) is 0 Å². The summed E-state index contributed by atoms with van der Waals surface area (Å²) in [6.45, 7) is 0.234. The Bertz CT molecular complexity index is 685. The molecule has 1 amide bonds. The molecule has 0 aliphatic heterocycles. The van der Waals surface area contributed by atoms with Crippen molar-refractivity contribution >= 4 is 6.09 Å². The van der Waals surface area contributed by atoms with Gasteiger partial charge in [-0.15, -0.1) is 5.10 Å². The first-order valence-corrected chi connectivity index (χ1v) is 8.29. The van der Waals surface area contributed by atoms with Gasteiger partial charge in [0.1, 0.15) is 12.3 Å². The fraction of sp³-hybridized carbons (Fsp3) is 0.471. The topological polar surface area (TPSA) is 69.0 Å². The molecule has 0 spiro atoms. The molecule has 6 nitrogen and oxygen atoms in total. The van der Waals surface area contributed by atoms with E-state index in [4.69, 9.17) is 4.74 Å². The lowest BCUT2D eigenvalue weighted by Gasteiger charge is -2.28. The van der Waals surface area contributed by atoms with Crippen LogP contribution in [0.15, 0.2) is 36.5 Å². The number of amides is 1. The first-order valence-electron chi connectivity index (χ1n) is 8.29. The SMILES string of the molecule is O=C(N[C@H]1CC[C@H](n2cc(C(F)F)nn2)CC1)OCc1ccccc1. The number of carbonyl (C=O) groups excluding carboxylic acids is 1. The van der Waals surface area contributed by atoms with Gasteiger partial charge in [0.05, 0.1) is 12.2 Å². The minimum absolute atomic E-state index is 0.0256. The number of alkyl carbamates (subject to hydrolysis) is 1. The Morgan fingerprint density at radius 3 is 2.60 bits per heavy atom. The zero-order valence-electron chi connectivity index (χ0n) is 13.6. The second-order valence-electron chi connectivity index (χ2n) is 6.14. The number of hydrogen-bond acceptors (Lipinski definition) is 4. The number of ether oxygens (including phenoxy) is 1. The molecule has 1 aliphatic carbocycles. The smallest absolute Gasteiger partial charge is 0.407 e. The lowest BCUT2D eigenvalue weighted by atomic mass is 9.91. The lowest BCUT2D eigenvalue weighted by Crippen LogP contribution is -2.38. The predicted octanol–water partition coefficient (Wildman–Crippen LogP) is 3.63. The number of benzene rings is 1. The highest BCUT2D eigenvalue weighted by Gasteiger charge is 2.25. The van der Waals surface area contributed by atoms with Crippen LogP contribution >= 0.6 is 0 Å². The molecule has 8 heteroatoms. The van der Waals surface area contributed by atoms with Crippen molar-refractivity contribution in [2.45, 2.75) is 50.8 Å². The van der Waals surface area contributed by atoms with Gasteiger partial charge in [-0.25, -0.2) is 18.3 Å². The minimum Gasteiger partial charge on any atom is -0.445 e. The highest BCUT2D eigenvalue weighted by Crippen LogP contribution is 2.28. The van der Waals surface area contributed by atoms with Crippen molar-refractivity contribution in [3.05, 3.63) is 47.8 Å². The van der Waals surface area contributed by atoms with Crippen LogP contribution < -0.4 is 5.32 Å². The van der Waals surface area contributed by atoms with E-state index in [2.05, 4.69) is 15.6 Å². The molecule has 1 saturated carbocycles. The normalized spacial score (nSPS) is 20.4. The first-order chi connectivity index (χ1) is 12.1. The average Bonchev–Trinajstić information content (AvgIpc) is 3.12. The van der Waals surface area contributed by atoms with Crippen LogP contribution in [0.2, 0.25) is 0 Å². The predicted molar refractivity (Wildman–Crippen MR) is 86.0 cm³/mol. The maximum absolute atomic E-state index is 12.6.